The number of hydrogen-bond donors (Lipinski definition) is 2. The van der Waals surface area contributed by atoms with E-state index in [9.17, 15) is 14.7 Å². The van der Waals surface area contributed by atoms with Gasteiger partial charge in [0.15, 0.2) is 0 Å². The van der Waals surface area contributed by atoms with E-state index in [1.54, 1.807) is 11.1 Å². The van der Waals surface area contributed by atoms with E-state index in [-0.39, 0.29) is 5.91 Å². The van der Waals surface area contributed by atoms with Crippen molar-refractivity contribution in [3.8, 4) is 11.1 Å². The van der Waals surface area contributed by atoms with Crippen molar-refractivity contribution in [1.82, 2.24) is 29.7 Å². The molecule has 41 heavy (non-hydrogen) atoms. The smallest absolute Gasteiger partial charge is 0.408 e. The van der Waals surface area contributed by atoms with Crippen LogP contribution < -0.4 is 0 Å². The summed E-state index contributed by atoms with van der Waals surface area (Å²) in [5.74, 6) is -0.165. The molecule has 2 aliphatic rings. The molecule has 1 fully saturated rings. The number of benzene rings is 1. The van der Waals surface area contributed by atoms with Crippen LogP contribution >= 0.6 is 0 Å². The Balaban J connectivity index is 1.54. The largest absolute Gasteiger partial charge is 0.465 e. The van der Waals surface area contributed by atoms with Gasteiger partial charge in [-0.15, -0.1) is 0 Å². The topological polar surface area (TPSA) is 115 Å². The number of fused-ring (bicyclic) bond motifs is 2. The third-order valence-electron chi connectivity index (χ3n) is 9.00. The lowest BCUT2D eigenvalue weighted by molar-refractivity contribution is 0.0261. The van der Waals surface area contributed by atoms with Crippen LogP contribution in [0.5, 0.6) is 0 Å². The van der Waals surface area contributed by atoms with Crippen LogP contribution in [0.2, 0.25) is 0 Å². The Hall–Kier alpha value is -4.27. The van der Waals surface area contributed by atoms with Gasteiger partial charge in [-0.3, -0.25) is 14.7 Å². The van der Waals surface area contributed by atoms with Crippen LogP contribution in [-0.2, 0) is 18.5 Å². The highest BCUT2D eigenvalue weighted by molar-refractivity contribution is 5.92. The lowest BCUT2D eigenvalue weighted by atomic mass is 9.65. The van der Waals surface area contributed by atoms with Crippen molar-refractivity contribution in [2.45, 2.75) is 66.0 Å². The van der Waals surface area contributed by atoms with Crippen LogP contribution in [0.25, 0.3) is 22.2 Å². The average molecular weight is 553 g/mol. The van der Waals surface area contributed by atoms with Gasteiger partial charge in [0, 0.05) is 49.2 Å². The zero-order valence-corrected chi connectivity index (χ0v) is 24.3. The first kappa shape index (κ1) is 26.9. The summed E-state index contributed by atoms with van der Waals surface area (Å²) in [6.07, 6.45) is 8.22. The molecule has 212 valence electrons. The predicted molar refractivity (Wildman–Crippen MR) is 157 cm³/mol. The lowest BCUT2D eigenvalue weighted by Gasteiger charge is -2.49. The monoisotopic (exact) mass is 552 g/mol. The number of aromatic amines is 1. The van der Waals surface area contributed by atoms with Crippen molar-refractivity contribution in [1.29, 1.82) is 0 Å². The fourth-order valence-corrected chi connectivity index (χ4v) is 6.88. The molecule has 9 nitrogen and oxygen atoms in total. The predicted octanol–water partition coefficient (Wildman–Crippen LogP) is 5.85. The normalized spacial score (nSPS) is 19.0. The highest BCUT2D eigenvalue weighted by Gasteiger charge is 2.54. The molecule has 5 heterocycles. The molecule has 9 heteroatoms. The number of nitrogens with one attached hydrogen (secondary N) is 1. The van der Waals surface area contributed by atoms with Crippen LogP contribution in [0.1, 0.15) is 72.0 Å². The third kappa shape index (κ3) is 4.34. The van der Waals surface area contributed by atoms with Crippen molar-refractivity contribution in [3.05, 3.63) is 76.6 Å². The van der Waals surface area contributed by atoms with Crippen LogP contribution in [0.15, 0.2) is 43.0 Å². The Bertz CT molecular complexity index is 1670. The minimum Gasteiger partial charge on any atom is -0.465 e. The molecule has 6 rings (SSSR count). The number of nitrogens with zero attached hydrogens (tertiary/aromatic N) is 5. The highest BCUT2D eigenvalue weighted by Crippen LogP contribution is 2.54. The number of amides is 2. The number of aromatic nitrogens is 4. The van der Waals surface area contributed by atoms with E-state index in [0.29, 0.717) is 38.2 Å². The van der Waals surface area contributed by atoms with Crippen LogP contribution in [-0.4, -0.2) is 59.9 Å². The SMILES string of the molecule is Cc1cnc(C(=O)N2CCc3cc(-c4cnc5[nH]cc(C)c5c4)cc(C4(C(C)(C)C)CCCN4C(=O)O)c3C2)cn1. The van der Waals surface area contributed by atoms with Gasteiger partial charge in [-0.2, -0.15) is 0 Å². The molecule has 3 aromatic heterocycles. The molecule has 1 atom stereocenters. The first-order valence-electron chi connectivity index (χ1n) is 14.2. The van der Waals surface area contributed by atoms with E-state index in [4.69, 9.17) is 0 Å². The third-order valence-corrected chi connectivity index (χ3v) is 9.00. The summed E-state index contributed by atoms with van der Waals surface area (Å²) in [6, 6.07) is 6.52. The van der Waals surface area contributed by atoms with Gasteiger partial charge < -0.3 is 15.0 Å². The van der Waals surface area contributed by atoms with Crippen molar-refractivity contribution >= 4 is 23.0 Å². The zero-order chi connectivity index (χ0) is 29.1. The Morgan fingerprint density at radius 3 is 2.51 bits per heavy atom. The van der Waals surface area contributed by atoms with E-state index >= 15 is 0 Å². The Morgan fingerprint density at radius 1 is 1.00 bits per heavy atom. The Morgan fingerprint density at radius 2 is 1.80 bits per heavy atom. The molecular formula is C32H36N6O3. The minimum absolute atomic E-state index is 0.165. The summed E-state index contributed by atoms with van der Waals surface area (Å²) in [5, 5.41) is 11.5. The van der Waals surface area contributed by atoms with Crippen LogP contribution in [0.3, 0.4) is 0 Å². The highest BCUT2D eigenvalue weighted by atomic mass is 16.4. The second kappa shape index (κ2) is 9.68. The van der Waals surface area contributed by atoms with Gasteiger partial charge in [0.25, 0.3) is 5.91 Å². The van der Waals surface area contributed by atoms with E-state index in [1.165, 1.54) is 6.20 Å². The molecular weight excluding hydrogens is 516 g/mol. The molecule has 0 bridgehead atoms. The van der Waals surface area contributed by atoms with E-state index < -0.39 is 17.0 Å². The molecule has 1 aromatic carbocycles. The van der Waals surface area contributed by atoms with E-state index in [2.05, 4.69) is 65.8 Å². The molecule has 0 radical (unpaired) electrons. The van der Waals surface area contributed by atoms with Gasteiger partial charge in [-0.25, -0.2) is 14.8 Å². The molecule has 0 aliphatic carbocycles. The number of carboxylic acid groups (broad SMARTS) is 1. The summed E-state index contributed by atoms with van der Waals surface area (Å²) >= 11 is 0. The maximum Gasteiger partial charge on any atom is 0.408 e. The number of likely N-dealkylation sites (tertiary alicyclic amines) is 1. The molecule has 2 amide bonds. The Kier molecular flexibility index (Phi) is 6.36. The second-order valence-electron chi connectivity index (χ2n) is 12.4. The van der Waals surface area contributed by atoms with Gasteiger partial charge in [-0.1, -0.05) is 26.8 Å². The van der Waals surface area contributed by atoms with E-state index in [0.717, 1.165) is 56.5 Å². The van der Waals surface area contributed by atoms with Crippen molar-refractivity contribution in [2.75, 3.05) is 13.1 Å². The number of H-pyrrole nitrogens is 1. The zero-order valence-electron chi connectivity index (χ0n) is 24.3. The Labute approximate surface area is 239 Å². The fraction of sp³-hybridized carbons (Fsp3) is 0.406. The standard InChI is InChI=1S/C32H36N6O3/c1-19-14-35-28-24(19)12-23(16-36-28)22-11-21-7-10-37(29(39)27-17-33-20(2)15-34-27)18-25(21)26(13-22)32(31(3,4)5)8-6-9-38(32)30(40)41/h11-17H,6-10,18H2,1-5H3,(H,35,36)(H,40,41). The number of rotatable bonds is 3. The first-order valence-corrected chi connectivity index (χ1v) is 14.2. The molecule has 0 spiro atoms. The second-order valence-corrected chi connectivity index (χ2v) is 12.4. The van der Waals surface area contributed by atoms with Gasteiger partial charge in [0.2, 0.25) is 0 Å². The van der Waals surface area contributed by atoms with Gasteiger partial charge in [0.05, 0.1) is 17.4 Å². The van der Waals surface area contributed by atoms with Gasteiger partial charge in [0.1, 0.15) is 11.3 Å². The summed E-state index contributed by atoms with van der Waals surface area (Å²) in [5.41, 5.74) is 7.04. The number of hydrogen-bond acceptors (Lipinski definition) is 5. The average Bonchev–Trinajstić information content (AvgIpc) is 3.57. The summed E-state index contributed by atoms with van der Waals surface area (Å²) < 4.78 is 0. The molecule has 1 unspecified atom stereocenters. The van der Waals surface area contributed by atoms with Crippen LogP contribution in [0, 0.1) is 19.3 Å². The van der Waals surface area contributed by atoms with Gasteiger partial charge >= 0.3 is 6.09 Å². The maximum absolute atomic E-state index is 13.5. The maximum atomic E-state index is 13.5. The van der Waals surface area contributed by atoms with E-state index in [1.807, 2.05) is 24.2 Å². The quantitative estimate of drug-likeness (QED) is 0.329. The number of pyridine rings is 1. The van der Waals surface area contributed by atoms with Gasteiger partial charge in [-0.05, 0) is 78.5 Å². The molecule has 4 aromatic rings. The number of carbonyl (C=O) groups excluding carboxylic acids is 1. The van der Waals surface area contributed by atoms with Crippen LogP contribution in [0.4, 0.5) is 4.79 Å². The summed E-state index contributed by atoms with van der Waals surface area (Å²) in [4.78, 5) is 46.2. The summed E-state index contributed by atoms with van der Waals surface area (Å²) in [6.45, 7) is 11.7. The fourth-order valence-electron chi connectivity index (χ4n) is 6.88. The lowest BCUT2D eigenvalue weighted by Crippen LogP contribution is -2.53. The summed E-state index contributed by atoms with van der Waals surface area (Å²) in [7, 11) is 0. The molecule has 2 aliphatic heterocycles. The number of aryl methyl sites for hydroxylation is 2. The first-order chi connectivity index (χ1) is 19.5. The van der Waals surface area contributed by atoms with Crippen molar-refractivity contribution < 1.29 is 14.7 Å². The molecule has 0 saturated carbocycles. The van der Waals surface area contributed by atoms with Crippen molar-refractivity contribution in [2.24, 2.45) is 5.41 Å². The van der Waals surface area contributed by atoms with Crippen molar-refractivity contribution in [3.63, 3.8) is 0 Å². The molecule has 2 N–H and O–H groups in total. The molecule has 1 saturated heterocycles. The minimum atomic E-state index is -0.915. The number of carbonyl (C=O) groups is 2.